The highest BCUT2D eigenvalue weighted by atomic mass is 32.2. The number of pyridine rings is 1. The average molecular weight is 300 g/mol. The SMILES string of the molecule is CCNC(CSC1CCCC1)c1cnc2ccccc2c1. The van der Waals surface area contributed by atoms with Gasteiger partial charge in [0.05, 0.1) is 5.52 Å². The Labute approximate surface area is 131 Å². The van der Waals surface area contributed by atoms with Crippen molar-refractivity contribution in [2.75, 3.05) is 12.3 Å². The Morgan fingerprint density at radius 2 is 2.10 bits per heavy atom. The molecule has 1 N–H and O–H groups in total. The van der Waals surface area contributed by atoms with Crippen molar-refractivity contribution in [2.24, 2.45) is 0 Å². The van der Waals surface area contributed by atoms with Gasteiger partial charge in [0.15, 0.2) is 0 Å². The largest absolute Gasteiger partial charge is 0.309 e. The second kappa shape index (κ2) is 7.28. The van der Waals surface area contributed by atoms with Crippen LogP contribution in [0, 0.1) is 0 Å². The van der Waals surface area contributed by atoms with E-state index in [0.717, 1.165) is 23.1 Å². The van der Waals surface area contributed by atoms with Crippen molar-refractivity contribution in [3.8, 4) is 0 Å². The van der Waals surface area contributed by atoms with Crippen molar-refractivity contribution in [3.05, 3.63) is 42.1 Å². The van der Waals surface area contributed by atoms with Crippen LogP contribution in [0.25, 0.3) is 10.9 Å². The Bertz CT molecular complexity index is 578. The molecule has 0 spiro atoms. The lowest BCUT2D eigenvalue weighted by molar-refractivity contribution is 0.604. The van der Waals surface area contributed by atoms with E-state index in [4.69, 9.17) is 0 Å². The lowest BCUT2D eigenvalue weighted by atomic mass is 10.1. The van der Waals surface area contributed by atoms with E-state index in [1.807, 2.05) is 12.3 Å². The maximum atomic E-state index is 4.61. The van der Waals surface area contributed by atoms with Gasteiger partial charge in [-0.15, -0.1) is 0 Å². The second-order valence-electron chi connectivity index (χ2n) is 5.81. The molecule has 1 heterocycles. The molecular formula is C18H24N2S. The minimum Gasteiger partial charge on any atom is -0.309 e. The van der Waals surface area contributed by atoms with Crippen LogP contribution in [-0.4, -0.2) is 22.5 Å². The number of aromatic nitrogens is 1. The van der Waals surface area contributed by atoms with Gasteiger partial charge >= 0.3 is 0 Å². The molecule has 2 nitrogen and oxygen atoms in total. The molecule has 0 amide bonds. The van der Waals surface area contributed by atoms with Crippen LogP contribution in [0.1, 0.15) is 44.2 Å². The van der Waals surface area contributed by atoms with E-state index in [1.54, 1.807) is 0 Å². The highest BCUT2D eigenvalue weighted by Gasteiger charge is 2.18. The van der Waals surface area contributed by atoms with Gasteiger partial charge in [-0.3, -0.25) is 4.98 Å². The molecule has 1 aromatic carbocycles. The maximum absolute atomic E-state index is 4.61. The number of rotatable bonds is 6. The van der Waals surface area contributed by atoms with Gasteiger partial charge in [0.25, 0.3) is 0 Å². The van der Waals surface area contributed by atoms with Crippen LogP contribution in [0.5, 0.6) is 0 Å². The van der Waals surface area contributed by atoms with E-state index in [2.05, 4.69) is 53.3 Å². The summed E-state index contributed by atoms with van der Waals surface area (Å²) in [5.41, 5.74) is 2.40. The molecule has 112 valence electrons. The monoisotopic (exact) mass is 300 g/mol. The number of hydrogen-bond acceptors (Lipinski definition) is 3. The molecule has 3 rings (SSSR count). The van der Waals surface area contributed by atoms with E-state index in [0.29, 0.717) is 6.04 Å². The highest BCUT2D eigenvalue weighted by Crippen LogP contribution is 2.32. The molecule has 2 aromatic rings. The molecule has 1 atom stereocenters. The van der Waals surface area contributed by atoms with E-state index < -0.39 is 0 Å². The van der Waals surface area contributed by atoms with Crippen molar-refractivity contribution in [2.45, 2.75) is 43.9 Å². The van der Waals surface area contributed by atoms with Gasteiger partial charge in [0, 0.05) is 28.6 Å². The number of fused-ring (bicyclic) bond motifs is 1. The first-order chi connectivity index (χ1) is 10.4. The maximum Gasteiger partial charge on any atom is 0.0702 e. The first kappa shape index (κ1) is 14.9. The van der Waals surface area contributed by atoms with Crippen molar-refractivity contribution in [1.29, 1.82) is 0 Å². The van der Waals surface area contributed by atoms with Gasteiger partial charge in [-0.1, -0.05) is 38.0 Å². The topological polar surface area (TPSA) is 24.9 Å². The summed E-state index contributed by atoms with van der Waals surface area (Å²) in [6.07, 6.45) is 7.69. The third-order valence-corrected chi connectivity index (χ3v) is 5.73. The van der Waals surface area contributed by atoms with Gasteiger partial charge in [0.2, 0.25) is 0 Å². The molecule has 1 aromatic heterocycles. The molecule has 1 aliphatic carbocycles. The molecule has 1 fully saturated rings. The smallest absolute Gasteiger partial charge is 0.0702 e. The number of para-hydroxylation sites is 1. The fraction of sp³-hybridized carbons (Fsp3) is 0.500. The van der Waals surface area contributed by atoms with Gasteiger partial charge in [-0.25, -0.2) is 0 Å². The predicted molar refractivity (Wildman–Crippen MR) is 92.9 cm³/mol. The van der Waals surface area contributed by atoms with Crippen LogP contribution in [0.2, 0.25) is 0 Å². The third kappa shape index (κ3) is 3.78. The normalized spacial score (nSPS) is 17.4. The summed E-state index contributed by atoms with van der Waals surface area (Å²) < 4.78 is 0. The van der Waals surface area contributed by atoms with Crippen LogP contribution in [0.4, 0.5) is 0 Å². The summed E-state index contributed by atoms with van der Waals surface area (Å²) in [6, 6.07) is 11.1. The van der Waals surface area contributed by atoms with E-state index in [1.165, 1.54) is 36.6 Å². The molecular weight excluding hydrogens is 276 g/mol. The van der Waals surface area contributed by atoms with Crippen molar-refractivity contribution in [3.63, 3.8) is 0 Å². The summed E-state index contributed by atoms with van der Waals surface area (Å²) in [4.78, 5) is 4.61. The molecule has 0 bridgehead atoms. The summed E-state index contributed by atoms with van der Waals surface area (Å²) >= 11 is 2.14. The van der Waals surface area contributed by atoms with Gasteiger partial charge in [-0.05, 0) is 37.1 Å². The fourth-order valence-electron chi connectivity index (χ4n) is 3.09. The highest BCUT2D eigenvalue weighted by molar-refractivity contribution is 7.99. The Hall–Kier alpha value is -1.06. The molecule has 1 unspecified atom stereocenters. The van der Waals surface area contributed by atoms with Crippen LogP contribution < -0.4 is 5.32 Å². The van der Waals surface area contributed by atoms with Crippen LogP contribution in [0.15, 0.2) is 36.5 Å². The number of hydrogen-bond donors (Lipinski definition) is 1. The zero-order chi connectivity index (χ0) is 14.5. The zero-order valence-electron chi connectivity index (χ0n) is 12.7. The van der Waals surface area contributed by atoms with Crippen LogP contribution >= 0.6 is 11.8 Å². The van der Waals surface area contributed by atoms with Gasteiger partial charge < -0.3 is 5.32 Å². The molecule has 0 aliphatic heterocycles. The number of nitrogens with one attached hydrogen (secondary N) is 1. The van der Waals surface area contributed by atoms with Crippen molar-refractivity contribution >= 4 is 22.7 Å². The summed E-state index contributed by atoms with van der Waals surface area (Å²) in [5, 5.41) is 5.74. The summed E-state index contributed by atoms with van der Waals surface area (Å²) in [5.74, 6) is 1.15. The first-order valence-electron chi connectivity index (χ1n) is 8.06. The Kier molecular flexibility index (Phi) is 5.15. The minimum atomic E-state index is 0.415. The number of nitrogens with zero attached hydrogens (tertiary/aromatic N) is 1. The van der Waals surface area contributed by atoms with E-state index in [9.17, 15) is 0 Å². The van der Waals surface area contributed by atoms with E-state index >= 15 is 0 Å². The number of benzene rings is 1. The summed E-state index contributed by atoms with van der Waals surface area (Å²) in [7, 11) is 0. The lowest BCUT2D eigenvalue weighted by Gasteiger charge is -2.20. The average Bonchev–Trinajstić information content (AvgIpc) is 3.04. The van der Waals surface area contributed by atoms with Crippen molar-refractivity contribution in [1.82, 2.24) is 10.3 Å². The lowest BCUT2D eigenvalue weighted by Crippen LogP contribution is -2.24. The van der Waals surface area contributed by atoms with Crippen LogP contribution in [-0.2, 0) is 0 Å². The molecule has 1 saturated carbocycles. The second-order valence-corrected chi connectivity index (χ2v) is 7.14. The number of thioether (sulfide) groups is 1. The zero-order valence-corrected chi connectivity index (χ0v) is 13.5. The molecule has 3 heteroatoms. The Morgan fingerprint density at radius 1 is 1.29 bits per heavy atom. The fourth-order valence-corrected chi connectivity index (χ4v) is 4.53. The van der Waals surface area contributed by atoms with Crippen molar-refractivity contribution < 1.29 is 0 Å². The molecule has 0 radical (unpaired) electrons. The van der Waals surface area contributed by atoms with Crippen LogP contribution in [0.3, 0.4) is 0 Å². The standard InChI is InChI=1S/C18H24N2S/c1-2-19-18(13-21-16-8-4-5-9-16)15-11-14-7-3-6-10-17(14)20-12-15/h3,6-7,10-12,16,18-19H,2,4-5,8-9,13H2,1H3. The first-order valence-corrected chi connectivity index (χ1v) is 9.11. The van der Waals surface area contributed by atoms with E-state index in [-0.39, 0.29) is 0 Å². The molecule has 21 heavy (non-hydrogen) atoms. The molecule has 1 aliphatic rings. The minimum absolute atomic E-state index is 0.415. The molecule has 0 saturated heterocycles. The quantitative estimate of drug-likeness (QED) is 0.846. The Morgan fingerprint density at radius 3 is 2.90 bits per heavy atom. The van der Waals surface area contributed by atoms with Gasteiger partial charge in [-0.2, -0.15) is 11.8 Å². The Balaban J connectivity index is 1.74. The summed E-state index contributed by atoms with van der Waals surface area (Å²) in [6.45, 7) is 3.18. The van der Waals surface area contributed by atoms with Gasteiger partial charge in [0.1, 0.15) is 0 Å². The third-order valence-electron chi connectivity index (χ3n) is 4.27. The predicted octanol–water partition coefficient (Wildman–Crippen LogP) is 4.56.